The molecule has 0 N–H and O–H groups in total. The Balaban J connectivity index is 1.72. The first-order chi connectivity index (χ1) is 13.7. The van der Waals surface area contributed by atoms with Crippen molar-refractivity contribution >= 4 is 11.6 Å². The van der Waals surface area contributed by atoms with Crippen LogP contribution in [0.5, 0.6) is 0 Å². The highest BCUT2D eigenvalue weighted by atomic mass is 16.2. The highest BCUT2D eigenvalue weighted by Gasteiger charge is 2.35. The standard InChI is InChI=1S/C25H32N2O/c1-3-11-22-20-26(18-16-21-12-7-5-8-13-21)19-17-24(22)27(25(28)4-2)23-14-9-6-10-15-23/h3,5-10,12-15,22,24H,1,4,11,16-20H2,2H3/t22-,24-/m1/s1. The molecule has 0 radical (unpaired) electrons. The van der Waals surface area contributed by atoms with Crippen molar-refractivity contribution in [3.05, 3.63) is 78.9 Å². The molecule has 1 heterocycles. The van der Waals surface area contributed by atoms with Crippen LogP contribution >= 0.6 is 0 Å². The highest BCUT2D eigenvalue weighted by molar-refractivity contribution is 5.93. The third-order valence-electron chi connectivity index (χ3n) is 5.74. The summed E-state index contributed by atoms with van der Waals surface area (Å²) in [5.41, 5.74) is 2.41. The number of likely N-dealkylation sites (tertiary alicyclic amines) is 1. The summed E-state index contributed by atoms with van der Waals surface area (Å²) in [7, 11) is 0. The number of nitrogens with zero attached hydrogens (tertiary/aromatic N) is 2. The monoisotopic (exact) mass is 376 g/mol. The number of hydrogen-bond acceptors (Lipinski definition) is 2. The molecule has 1 aliphatic heterocycles. The van der Waals surface area contributed by atoms with Gasteiger partial charge in [-0.15, -0.1) is 6.58 Å². The first kappa shape index (κ1) is 20.3. The van der Waals surface area contributed by atoms with Crippen LogP contribution in [0.1, 0.15) is 31.7 Å². The summed E-state index contributed by atoms with van der Waals surface area (Å²) in [6, 6.07) is 21.1. The van der Waals surface area contributed by atoms with E-state index in [9.17, 15) is 4.79 Å². The first-order valence-electron chi connectivity index (χ1n) is 10.5. The Kier molecular flexibility index (Phi) is 7.44. The number of hydrogen-bond donors (Lipinski definition) is 0. The van der Waals surface area contributed by atoms with Gasteiger partial charge in [0.25, 0.3) is 0 Å². The fraction of sp³-hybridized carbons (Fsp3) is 0.400. The van der Waals surface area contributed by atoms with Gasteiger partial charge in [0.15, 0.2) is 0 Å². The van der Waals surface area contributed by atoms with Gasteiger partial charge in [-0.2, -0.15) is 0 Å². The van der Waals surface area contributed by atoms with E-state index in [4.69, 9.17) is 0 Å². The van der Waals surface area contributed by atoms with Gasteiger partial charge in [0.05, 0.1) is 0 Å². The van der Waals surface area contributed by atoms with E-state index in [0.29, 0.717) is 12.3 Å². The predicted molar refractivity (Wildman–Crippen MR) is 118 cm³/mol. The number of rotatable bonds is 8. The van der Waals surface area contributed by atoms with Gasteiger partial charge in [-0.3, -0.25) is 4.79 Å². The molecule has 28 heavy (non-hydrogen) atoms. The van der Waals surface area contributed by atoms with Crippen LogP contribution in [0.4, 0.5) is 5.69 Å². The molecule has 148 valence electrons. The summed E-state index contributed by atoms with van der Waals surface area (Å²) in [5.74, 6) is 0.626. The number of piperidine rings is 1. The molecular weight excluding hydrogens is 344 g/mol. The van der Waals surface area contributed by atoms with Crippen molar-refractivity contribution in [1.29, 1.82) is 0 Å². The smallest absolute Gasteiger partial charge is 0.226 e. The van der Waals surface area contributed by atoms with E-state index in [0.717, 1.165) is 44.6 Å². The van der Waals surface area contributed by atoms with E-state index < -0.39 is 0 Å². The highest BCUT2D eigenvalue weighted by Crippen LogP contribution is 2.30. The van der Waals surface area contributed by atoms with Crippen molar-refractivity contribution in [3.63, 3.8) is 0 Å². The molecule has 1 fully saturated rings. The van der Waals surface area contributed by atoms with Gasteiger partial charge in [0.2, 0.25) is 5.91 Å². The summed E-state index contributed by atoms with van der Waals surface area (Å²) < 4.78 is 0. The lowest BCUT2D eigenvalue weighted by Crippen LogP contribution is -2.53. The molecule has 3 heteroatoms. The Hall–Kier alpha value is -2.39. The Morgan fingerprint density at radius 2 is 1.82 bits per heavy atom. The maximum absolute atomic E-state index is 12.8. The third kappa shape index (κ3) is 5.11. The average Bonchev–Trinajstić information content (AvgIpc) is 2.75. The van der Waals surface area contributed by atoms with E-state index in [-0.39, 0.29) is 11.9 Å². The van der Waals surface area contributed by atoms with Crippen LogP contribution in [0.3, 0.4) is 0 Å². The molecule has 1 aliphatic rings. The Bertz CT molecular complexity index is 744. The minimum atomic E-state index is 0.211. The molecule has 2 atom stereocenters. The quantitative estimate of drug-likeness (QED) is 0.609. The number of para-hydroxylation sites is 1. The van der Waals surface area contributed by atoms with Gasteiger partial charge < -0.3 is 9.80 Å². The Morgan fingerprint density at radius 3 is 2.46 bits per heavy atom. The van der Waals surface area contributed by atoms with Crippen LogP contribution in [0, 0.1) is 5.92 Å². The number of amides is 1. The minimum absolute atomic E-state index is 0.211. The topological polar surface area (TPSA) is 23.6 Å². The van der Waals surface area contributed by atoms with Gasteiger partial charge in [-0.1, -0.05) is 61.5 Å². The summed E-state index contributed by atoms with van der Waals surface area (Å²) in [6.07, 6.45) is 5.56. The van der Waals surface area contributed by atoms with Crippen LogP contribution in [-0.2, 0) is 11.2 Å². The first-order valence-corrected chi connectivity index (χ1v) is 10.5. The van der Waals surface area contributed by atoms with Crippen molar-refractivity contribution in [1.82, 2.24) is 4.90 Å². The molecule has 3 rings (SSSR count). The second-order valence-corrected chi connectivity index (χ2v) is 7.63. The maximum atomic E-state index is 12.8. The second kappa shape index (κ2) is 10.2. The van der Waals surface area contributed by atoms with Gasteiger partial charge >= 0.3 is 0 Å². The van der Waals surface area contributed by atoms with E-state index in [2.05, 4.69) is 58.8 Å². The predicted octanol–water partition coefficient (Wildman–Crippen LogP) is 4.94. The summed E-state index contributed by atoms with van der Waals surface area (Å²) >= 11 is 0. The molecule has 0 unspecified atom stereocenters. The molecule has 0 saturated carbocycles. The molecule has 1 saturated heterocycles. The van der Waals surface area contributed by atoms with Gasteiger partial charge in [0, 0.05) is 37.8 Å². The summed E-state index contributed by atoms with van der Waals surface area (Å²) in [4.78, 5) is 17.5. The van der Waals surface area contributed by atoms with Crippen LogP contribution in [0.25, 0.3) is 0 Å². The zero-order valence-corrected chi connectivity index (χ0v) is 17.0. The van der Waals surface area contributed by atoms with Crippen LogP contribution in [0.2, 0.25) is 0 Å². The van der Waals surface area contributed by atoms with Crippen molar-refractivity contribution in [2.45, 2.75) is 38.6 Å². The van der Waals surface area contributed by atoms with Gasteiger partial charge in [-0.05, 0) is 42.9 Å². The summed E-state index contributed by atoms with van der Waals surface area (Å²) in [6.45, 7) is 9.05. The van der Waals surface area contributed by atoms with Crippen molar-refractivity contribution in [2.24, 2.45) is 5.92 Å². The molecule has 0 aliphatic carbocycles. The van der Waals surface area contributed by atoms with Crippen molar-refractivity contribution < 1.29 is 4.79 Å². The minimum Gasteiger partial charge on any atom is -0.309 e. The molecule has 0 aromatic heterocycles. The van der Waals surface area contributed by atoms with Crippen molar-refractivity contribution in [3.8, 4) is 0 Å². The number of carbonyl (C=O) groups is 1. The number of allylic oxidation sites excluding steroid dienone is 1. The van der Waals surface area contributed by atoms with E-state index in [1.165, 1.54) is 5.56 Å². The van der Waals surface area contributed by atoms with Gasteiger partial charge in [-0.25, -0.2) is 0 Å². The molecule has 0 spiro atoms. The normalized spacial score (nSPS) is 19.9. The van der Waals surface area contributed by atoms with E-state index >= 15 is 0 Å². The lowest BCUT2D eigenvalue weighted by Gasteiger charge is -2.44. The molecule has 2 aromatic carbocycles. The zero-order chi connectivity index (χ0) is 19.8. The van der Waals surface area contributed by atoms with Crippen molar-refractivity contribution in [2.75, 3.05) is 24.5 Å². The number of benzene rings is 2. The molecule has 1 amide bonds. The maximum Gasteiger partial charge on any atom is 0.226 e. The molecule has 3 nitrogen and oxygen atoms in total. The fourth-order valence-corrected chi connectivity index (χ4v) is 4.30. The Morgan fingerprint density at radius 1 is 1.14 bits per heavy atom. The average molecular weight is 377 g/mol. The van der Waals surface area contributed by atoms with E-state index in [1.807, 2.05) is 31.2 Å². The zero-order valence-electron chi connectivity index (χ0n) is 17.0. The molecule has 2 aromatic rings. The van der Waals surface area contributed by atoms with Crippen LogP contribution in [-0.4, -0.2) is 36.5 Å². The Labute approximate surface area is 169 Å². The SMILES string of the molecule is C=CC[C@@H]1CN(CCc2ccccc2)CC[C@H]1N(C(=O)CC)c1ccccc1. The fourth-order valence-electron chi connectivity index (χ4n) is 4.30. The molecule has 0 bridgehead atoms. The third-order valence-corrected chi connectivity index (χ3v) is 5.74. The van der Waals surface area contributed by atoms with Crippen LogP contribution in [0.15, 0.2) is 73.3 Å². The summed E-state index contributed by atoms with van der Waals surface area (Å²) in [5, 5.41) is 0. The number of anilines is 1. The van der Waals surface area contributed by atoms with E-state index in [1.54, 1.807) is 0 Å². The lowest BCUT2D eigenvalue weighted by atomic mass is 9.87. The van der Waals surface area contributed by atoms with Gasteiger partial charge in [0.1, 0.15) is 0 Å². The second-order valence-electron chi connectivity index (χ2n) is 7.63. The largest absolute Gasteiger partial charge is 0.309 e. The van der Waals surface area contributed by atoms with Crippen LogP contribution < -0.4 is 4.90 Å². The number of carbonyl (C=O) groups excluding carboxylic acids is 1. The lowest BCUT2D eigenvalue weighted by molar-refractivity contribution is -0.119. The molecular formula is C25H32N2O.